The van der Waals surface area contributed by atoms with Crippen LogP contribution in [0.5, 0.6) is 0 Å². The molecule has 0 aliphatic rings. The number of rotatable bonds is 2. The minimum absolute atomic E-state index is 0.0319. The molecule has 1 heterocycles. The fraction of sp³-hybridized carbons (Fsp3) is 0.250. The van der Waals surface area contributed by atoms with Crippen LogP contribution in [0.1, 0.15) is 10.4 Å². The zero-order chi connectivity index (χ0) is 10.7. The molecule has 1 aromatic heterocycles. The SMILES string of the molecule is CN(C)c1ncc(C(=O)NO)cc1F. The van der Waals surface area contributed by atoms with Crippen LogP contribution in [0.3, 0.4) is 0 Å². The Labute approximate surface area is 80.1 Å². The van der Waals surface area contributed by atoms with Gasteiger partial charge in [-0.2, -0.15) is 0 Å². The molecule has 76 valence electrons. The normalized spacial score (nSPS) is 9.71. The number of carbonyl (C=O) groups excluding carboxylic acids is 1. The Morgan fingerprint density at radius 1 is 1.64 bits per heavy atom. The summed E-state index contributed by atoms with van der Waals surface area (Å²) >= 11 is 0. The van der Waals surface area contributed by atoms with Crippen LogP contribution in [0, 0.1) is 5.82 Å². The number of hydroxylamine groups is 1. The summed E-state index contributed by atoms with van der Waals surface area (Å²) in [5, 5.41) is 8.30. The lowest BCUT2D eigenvalue weighted by molar-refractivity contribution is 0.0705. The van der Waals surface area contributed by atoms with Gasteiger partial charge in [0.1, 0.15) is 0 Å². The standard InChI is InChI=1S/C8H10FN3O2/c1-12(2)7-6(9)3-5(4-10-7)8(13)11-14/h3-4,14H,1-2H3,(H,11,13). The van der Waals surface area contributed by atoms with Gasteiger partial charge in [-0.3, -0.25) is 10.0 Å². The highest BCUT2D eigenvalue weighted by molar-refractivity contribution is 5.93. The van der Waals surface area contributed by atoms with E-state index in [0.29, 0.717) is 0 Å². The molecule has 0 fully saturated rings. The quantitative estimate of drug-likeness (QED) is 0.534. The van der Waals surface area contributed by atoms with Gasteiger partial charge in [-0.05, 0) is 6.07 Å². The summed E-state index contributed by atoms with van der Waals surface area (Å²) in [6.45, 7) is 0. The second kappa shape index (κ2) is 4.01. The van der Waals surface area contributed by atoms with Crippen LogP contribution >= 0.6 is 0 Å². The highest BCUT2D eigenvalue weighted by atomic mass is 19.1. The van der Waals surface area contributed by atoms with Gasteiger partial charge in [-0.25, -0.2) is 14.9 Å². The molecule has 1 amide bonds. The van der Waals surface area contributed by atoms with Crippen molar-refractivity contribution in [3.63, 3.8) is 0 Å². The number of hydrogen-bond acceptors (Lipinski definition) is 4. The van der Waals surface area contributed by atoms with Crippen LogP contribution in [0.4, 0.5) is 10.2 Å². The topological polar surface area (TPSA) is 65.5 Å². The first kappa shape index (κ1) is 10.4. The van der Waals surface area contributed by atoms with Gasteiger partial charge in [-0.15, -0.1) is 0 Å². The van der Waals surface area contributed by atoms with Crippen molar-refractivity contribution in [3.8, 4) is 0 Å². The van der Waals surface area contributed by atoms with Gasteiger partial charge in [0, 0.05) is 20.3 Å². The predicted molar refractivity (Wildman–Crippen MR) is 47.8 cm³/mol. The van der Waals surface area contributed by atoms with Gasteiger partial charge in [0.05, 0.1) is 5.56 Å². The van der Waals surface area contributed by atoms with Crippen molar-refractivity contribution in [2.45, 2.75) is 0 Å². The number of halogens is 1. The van der Waals surface area contributed by atoms with Gasteiger partial charge in [0.25, 0.3) is 5.91 Å². The molecule has 0 radical (unpaired) electrons. The molecule has 1 aromatic rings. The molecule has 0 spiro atoms. The van der Waals surface area contributed by atoms with E-state index in [2.05, 4.69) is 4.98 Å². The molecular weight excluding hydrogens is 189 g/mol. The molecule has 5 nitrogen and oxygen atoms in total. The van der Waals surface area contributed by atoms with Crippen molar-refractivity contribution < 1.29 is 14.4 Å². The molecule has 6 heteroatoms. The smallest absolute Gasteiger partial charge is 0.276 e. The lowest BCUT2D eigenvalue weighted by Crippen LogP contribution is -2.20. The van der Waals surface area contributed by atoms with Crippen LogP contribution < -0.4 is 10.4 Å². The zero-order valence-electron chi connectivity index (χ0n) is 7.78. The summed E-state index contributed by atoms with van der Waals surface area (Å²) in [7, 11) is 3.27. The number of hydrogen-bond donors (Lipinski definition) is 2. The molecule has 0 aromatic carbocycles. The first-order valence-electron chi connectivity index (χ1n) is 3.83. The largest absolute Gasteiger partial charge is 0.360 e. The Morgan fingerprint density at radius 3 is 2.71 bits per heavy atom. The van der Waals surface area contributed by atoms with Crippen LogP contribution in [0.2, 0.25) is 0 Å². The molecular formula is C8H10FN3O2. The Morgan fingerprint density at radius 2 is 2.29 bits per heavy atom. The Kier molecular flexibility index (Phi) is 2.98. The van der Waals surface area contributed by atoms with E-state index in [4.69, 9.17) is 5.21 Å². The summed E-state index contributed by atoms with van der Waals surface area (Å²) < 4.78 is 13.2. The second-order valence-corrected chi connectivity index (χ2v) is 2.86. The van der Waals surface area contributed by atoms with Crippen molar-refractivity contribution in [2.24, 2.45) is 0 Å². The van der Waals surface area contributed by atoms with Crippen LogP contribution in [0.25, 0.3) is 0 Å². The van der Waals surface area contributed by atoms with E-state index in [1.165, 1.54) is 16.6 Å². The van der Waals surface area contributed by atoms with E-state index in [-0.39, 0.29) is 11.4 Å². The average Bonchev–Trinajstić information content (AvgIpc) is 2.15. The zero-order valence-corrected chi connectivity index (χ0v) is 7.78. The van der Waals surface area contributed by atoms with Gasteiger partial charge >= 0.3 is 0 Å². The third-order valence-electron chi connectivity index (χ3n) is 1.61. The van der Waals surface area contributed by atoms with E-state index >= 15 is 0 Å². The summed E-state index contributed by atoms with van der Waals surface area (Å²) in [6.07, 6.45) is 1.18. The Balaban J connectivity index is 3.06. The number of carbonyl (C=O) groups is 1. The van der Waals surface area contributed by atoms with Crippen molar-refractivity contribution in [2.75, 3.05) is 19.0 Å². The maximum atomic E-state index is 13.2. The molecule has 2 N–H and O–H groups in total. The van der Waals surface area contributed by atoms with E-state index in [9.17, 15) is 9.18 Å². The molecule has 1 rings (SSSR count). The number of nitrogens with zero attached hydrogens (tertiary/aromatic N) is 2. The molecule has 0 saturated heterocycles. The van der Waals surface area contributed by atoms with Gasteiger partial charge in [0.2, 0.25) is 0 Å². The number of pyridine rings is 1. The fourth-order valence-electron chi connectivity index (χ4n) is 0.949. The minimum Gasteiger partial charge on any atom is -0.360 e. The van der Waals surface area contributed by atoms with E-state index in [1.54, 1.807) is 14.1 Å². The third kappa shape index (κ3) is 1.97. The lowest BCUT2D eigenvalue weighted by Gasteiger charge is -2.11. The third-order valence-corrected chi connectivity index (χ3v) is 1.61. The number of aromatic nitrogens is 1. The summed E-state index contributed by atoms with van der Waals surface area (Å²) in [4.78, 5) is 16.1. The first-order chi connectivity index (χ1) is 6.56. The molecule has 0 atom stereocenters. The summed E-state index contributed by atoms with van der Waals surface area (Å²) in [5.74, 6) is -1.27. The number of nitrogens with one attached hydrogen (secondary N) is 1. The van der Waals surface area contributed by atoms with E-state index < -0.39 is 11.7 Å². The maximum absolute atomic E-state index is 13.2. The molecule has 0 bridgehead atoms. The van der Waals surface area contributed by atoms with Crippen LogP contribution in [-0.2, 0) is 0 Å². The monoisotopic (exact) mass is 199 g/mol. The maximum Gasteiger partial charge on any atom is 0.276 e. The average molecular weight is 199 g/mol. The van der Waals surface area contributed by atoms with Gasteiger partial charge in [-0.1, -0.05) is 0 Å². The highest BCUT2D eigenvalue weighted by Crippen LogP contribution is 2.14. The lowest BCUT2D eigenvalue weighted by atomic mass is 10.2. The Hall–Kier alpha value is -1.69. The van der Waals surface area contributed by atoms with Crippen molar-refractivity contribution in [1.82, 2.24) is 10.5 Å². The van der Waals surface area contributed by atoms with Gasteiger partial charge in [0.15, 0.2) is 11.6 Å². The summed E-state index contributed by atoms with van der Waals surface area (Å²) in [6, 6.07) is 1.01. The number of amides is 1. The predicted octanol–water partition coefficient (Wildman–Crippen LogP) is 0.406. The summed E-state index contributed by atoms with van der Waals surface area (Å²) in [5.41, 5.74) is 1.37. The highest BCUT2D eigenvalue weighted by Gasteiger charge is 2.11. The van der Waals surface area contributed by atoms with Crippen molar-refractivity contribution in [1.29, 1.82) is 0 Å². The molecule has 0 unspecified atom stereocenters. The van der Waals surface area contributed by atoms with Crippen LogP contribution in [0.15, 0.2) is 12.3 Å². The second-order valence-electron chi connectivity index (χ2n) is 2.86. The number of anilines is 1. The fourth-order valence-corrected chi connectivity index (χ4v) is 0.949. The van der Waals surface area contributed by atoms with Gasteiger partial charge < -0.3 is 4.90 Å². The molecule has 0 saturated carbocycles. The van der Waals surface area contributed by atoms with Crippen molar-refractivity contribution >= 4 is 11.7 Å². The van der Waals surface area contributed by atoms with Crippen molar-refractivity contribution in [3.05, 3.63) is 23.6 Å². The Bertz CT molecular complexity index is 354. The van der Waals surface area contributed by atoms with E-state index in [0.717, 1.165) is 6.07 Å². The minimum atomic E-state index is -0.790. The van der Waals surface area contributed by atoms with E-state index in [1.807, 2.05) is 0 Å². The first-order valence-corrected chi connectivity index (χ1v) is 3.83. The molecule has 14 heavy (non-hydrogen) atoms. The van der Waals surface area contributed by atoms with Crippen LogP contribution in [-0.4, -0.2) is 30.2 Å². The molecule has 0 aliphatic carbocycles. The molecule has 0 aliphatic heterocycles.